The van der Waals surface area contributed by atoms with Gasteiger partial charge < -0.3 is 19.8 Å². The van der Waals surface area contributed by atoms with Gasteiger partial charge in [-0.25, -0.2) is 9.78 Å². The van der Waals surface area contributed by atoms with Crippen molar-refractivity contribution in [3.63, 3.8) is 0 Å². The van der Waals surface area contributed by atoms with Crippen LogP contribution in [0.25, 0.3) is 0 Å². The lowest BCUT2D eigenvalue weighted by Gasteiger charge is -2.09. The number of nitrogens with one attached hydrogen (secondary N) is 2. The number of nitrogens with zero attached hydrogens (tertiary/aromatic N) is 1. The summed E-state index contributed by atoms with van der Waals surface area (Å²) in [4.78, 5) is 15.6. The molecule has 0 saturated carbocycles. The zero-order chi connectivity index (χ0) is 12.8. The van der Waals surface area contributed by atoms with Crippen molar-refractivity contribution < 1.29 is 13.9 Å². The van der Waals surface area contributed by atoms with Gasteiger partial charge in [0.2, 0.25) is 5.88 Å². The average molecular weight is 247 g/mol. The molecular weight excluding hydrogens is 234 g/mol. The zero-order valence-electron chi connectivity index (χ0n) is 9.84. The van der Waals surface area contributed by atoms with Crippen LogP contribution < -0.4 is 15.4 Å². The number of pyridine rings is 1. The fourth-order valence-electron chi connectivity index (χ4n) is 1.40. The number of hydrogen-bond donors (Lipinski definition) is 2. The Hall–Kier alpha value is -2.50. The van der Waals surface area contributed by atoms with Gasteiger partial charge >= 0.3 is 6.03 Å². The molecule has 6 nitrogen and oxygen atoms in total. The molecule has 2 aromatic heterocycles. The standard InChI is InChI=1S/C12H13N3O3/c1-17-11-10(5-2-6-13-11)15-12(16)14-8-9-4-3-7-18-9/h2-7H,8H2,1H3,(H2,14,15,16). The first-order chi connectivity index (χ1) is 8.79. The van der Waals surface area contributed by atoms with Crippen molar-refractivity contribution in [1.29, 1.82) is 0 Å². The van der Waals surface area contributed by atoms with E-state index in [9.17, 15) is 4.79 Å². The number of anilines is 1. The van der Waals surface area contributed by atoms with Crippen molar-refractivity contribution in [2.45, 2.75) is 6.54 Å². The number of furan rings is 1. The van der Waals surface area contributed by atoms with Gasteiger partial charge in [-0.05, 0) is 24.3 Å². The monoisotopic (exact) mass is 247 g/mol. The summed E-state index contributed by atoms with van der Waals surface area (Å²) < 4.78 is 10.1. The van der Waals surface area contributed by atoms with Crippen LogP contribution in [-0.4, -0.2) is 18.1 Å². The Bertz CT molecular complexity index is 511. The van der Waals surface area contributed by atoms with Crippen molar-refractivity contribution in [2.75, 3.05) is 12.4 Å². The number of carbonyl (C=O) groups is 1. The molecule has 0 aliphatic carbocycles. The summed E-state index contributed by atoms with van der Waals surface area (Å²) in [6.45, 7) is 0.321. The molecule has 0 bridgehead atoms. The van der Waals surface area contributed by atoms with Crippen LogP contribution in [-0.2, 0) is 6.54 Å². The van der Waals surface area contributed by atoms with Crippen LogP contribution in [0, 0.1) is 0 Å². The highest BCUT2D eigenvalue weighted by molar-refractivity contribution is 5.90. The fraction of sp³-hybridized carbons (Fsp3) is 0.167. The second kappa shape index (κ2) is 5.72. The molecule has 6 heteroatoms. The Kier molecular flexibility index (Phi) is 3.80. The molecule has 0 spiro atoms. The summed E-state index contributed by atoms with van der Waals surface area (Å²) in [5.74, 6) is 1.05. The molecule has 2 N–H and O–H groups in total. The van der Waals surface area contributed by atoms with E-state index in [4.69, 9.17) is 9.15 Å². The van der Waals surface area contributed by atoms with Crippen molar-refractivity contribution in [1.82, 2.24) is 10.3 Å². The molecule has 2 heterocycles. The summed E-state index contributed by atoms with van der Waals surface area (Å²) in [5, 5.41) is 5.30. The number of amides is 2. The molecule has 2 amide bonds. The van der Waals surface area contributed by atoms with E-state index in [1.54, 1.807) is 36.7 Å². The molecule has 2 rings (SSSR count). The minimum atomic E-state index is -0.349. The van der Waals surface area contributed by atoms with Crippen molar-refractivity contribution in [3.8, 4) is 5.88 Å². The first-order valence-electron chi connectivity index (χ1n) is 5.36. The van der Waals surface area contributed by atoms with E-state index in [0.29, 0.717) is 23.9 Å². The highest BCUT2D eigenvalue weighted by Gasteiger charge is 2.07. The van der Waals surface area contributed by atoms with Crippen molar-refractivity contribution in [2.24, 2.45) is 0 Å². The summed E-state index contributed by atoms with van der Waals surface area (Å²) in [6.07, 6.45) is 3.14. The van der Waals surface area contributed by atoms with Gasteiger partial charge in [0, 0.05) is 6.20 Å². The van der Waals surface area contributed by atoms with E-state index in [0.717, 1.165) is 0 Å². The molecule has 2 aromatic rings. The van der Waals surface area contributed by atoms with Gasteiger partial charge in [0.05, 0.1) is 19.9 Å². The van der Waals surface area contributed by atoms with Crippen LogP contribution in [0.1, 0.15) is 5.76 Å². The molecule has 0 aliphatic heterocycles. The minimum absolute atomic E-state index is 0.321. The number of rotatable bonds is 4. The van der Waals surface area contributed by atoms with Crippen LogP contribution in [0.5, 0.6) is 5.88 Å². The maximum Gasteiger partial charge on any atom is 0.319 e. The van der Waals surface area contributed by atoms with E-state index < -0.39 is 0 Å². The van der Waals surface area contributed by atoms with Crippen molar-refractivity contribution >= 4 is 11.7 Å². The van der Waals surface area contributed by atoms with Crippen LogP contribution >= 0.6 is 0 Å². The maximum atomic E-state index is 11.6. The third kappa shape index (κ3) is 3.00. The second-order valence-electron chi connectivity index (χ2n) is 3.45. The third-order valence-electron chi connectivity index (χ3n) is 2.22. The Balaban J connectivity index is 1.90. The first kappa shape index (κ1) is 12.0. The predicted molar refractivity (Wildman–Crippen MR) is 65.4 cm³/mol. The zero-order valence-corrected chi connectivity index (χ0v) is 9.84. The predicted octanol–water partition coefficient (Wildman–Crippen LogP) is 2.00. The highest BCUT2D eigenvalue weighted by atomic mass is 16.5. The van der Waals surface area contributed by atoms with E-state index in [-0.39, 0.29) is 6.03 Å². The molecule has 94 valence electrons. The van der Waals surface area contributed by atoms with E-state index >= 15 is 0 Å². The lowest BCUT2D eigenvalue weighted by molar-refractivity contribution is 0.250. The van der Waals surface area contributed by atoms with Crippen LogP contribution in [0.15, 0.2) is 41.1 Å². The Morgan fingerprint density at radius 2 is 2.33 bits per heavy atom. The minimum Gasteiger partial charge on any atom is -0.480 e. The van der Waals surface area contributed by atoms with Crippen LogP contribution in [0.4, 0.5) is 10.5 Å². The molecule has 0 saturated heterocycles. The Labute approximate surface area is 104 Å². The summed E-state index contributed by atoms with van der Waals surface area (Å²) in [6, 6.07) is 6.62. The molecule has 0 atom stereocenters. The highest BCUT2D eigenvalue weighted by Crippen LogP contribution is 2.19. The first-order valence-corrected chi connectivity index (χ1v) is 5.36. The number of hydrogen-bond acceptors (Lipinski definition) is 4. The van der Waals surface area contributed by atoms with Gasteiger partial charge in [-0.1, -0.05) is 0 Å². The SMILES string of the molecule is COc1ncccc1NC(=O)NCc1ccco1. The van der Waals surface area contributed by atoms with Gasteiger partial charge in [0.25, 0.3) is 0 Å². The van der Waals surface area contributed by atoms with Gasteiger partial charge in [-0.3, -0.25) is 0 Å². The lowest BCUT2D eigenvalue weighted by atomic mass is 10.4. The molecule has 0 radical (unpaired) electrons. The molecule has 0 aliphatic rings. The van der Waals surface area contributed by atoms with Gasteiger partial charge in [-0.2, -0.15) is 0 Å². The Morgan fingerprint density at radius 3 is 3.06 bits per heavy atom. The van der Waals surface area contributed by atoms with Gasteiger partial charge in [0.15, 0.2) is 0 Å². The molecular formula is C12H13N3O3. The number of ether oxygens (including phenoxy) is 1. The normalized spacial score (nSPS) is 9.83. The maximum absolute atomic E-state index is 11.6. The molecule has 0 fully saturated rings. The fourth-order valence-corrected chi connectivity index (χ4v) is 1.40. The topological polar surface area (TPSA) is 76.4 Å². The lowest BCUT2D eigenvalue weighted by Crippen LogP contribution is -2.28. The molecule has 18 heavy (non-hydrogen) atoms. The summed E-state index contributed by atoms with van der Waals surface area (Å²) in [5.41, 5.74) is 0.511. The van der Waals surface area contributed by atoms with E-state index in [1.165, 1.54) is 7.11 Å². The van der Waals surface area contributed by atoms with E-state index in [2.05, 4.69) is 15.6 Å². The van der Waals surface area contributed by atoms with Crippen LogP contribution in [0.2, 0.25) is 0 Å². The summed E-state index contributed by atoms with van der Waals surface area (Å²) in [7, 11) is 1.49. The van der Waals surface area contributed by atoms with E-state index in [1.807, 2.05) is 0 Å². The van der Waals surface area contributed by atoms with Crippen LogP contribution in [0.3, 0.4) is 0 Å². The number of carbonyl (C=O) groups excluding carboxylic acids is 1. The van der Waals surface area contributed by atoms with Gasteiger partial charge in [-0.15, -0.1) is 0 Å². The van der Waals surface area contributed by atoms with Gasteiger partial charge in [0.1, 0.15) is 11.4 Å². The number of aromatic nitrogens is 1. The molecule has 0 unspecified atom stereocenters. The Morgan fingerprint density at radius 1 is 1.44 bits per heavy atom. The number of urea groups is 1. The average Bonchev–Trinajstić information content (AvgIpc) is 2.90. The second-order valence-corrected chi connectivity index (χ2v) is 3.45. The smallest absolute Gasteiger partial charge is 0.319 e. The van der Waals surface area contributed by atoms with Crippen molar-refractivity contribution in [3.05, 3.63) is 42.5 Å². The molecule has 0 aromatic carbocycles. The summed E-state index contributed by atoms with van der Waals surface area (Å²) >= 11 is 0. The quantitative estimate of drug-likeness (QED) is 0.866. The third-order valence-corrected chi connectivity index (χ3v) is 2.22. The largest absolute Gasteiger partial charge is 0.480 e. The number of methoxy groups -OCH3 is 1.